The Bertz CT molecular complexity index is 469. The van der Waals surface area contributed by atoms with Crippen molar-refractivity contribution in [2.45, 2.75) is 19.8 Å². The second kappa shape index (κ2) is 6.06. The average molecular weight is 263 g/mol. The molecule has 0 fully saturated rings. The summed E-state index contributed by atoms with van der Waals surface area (Å²) in [6.07, 6.45) is 1.35. The van der Waals surface area contributed by atoms with E-state index in [2.05, 4.69) is 0 Å². The predicted molar refractivity (Wildman–Crippen MR) is 74.3 cm³/mol. The van der Waals surface area contributed by atoms with Gasteiger partial charge >= 0.3 is 0 Å². The lowest BCUT2D eigenvalue weighted by Crippen LogP contribution is -2.19. The first kappa shape index (κ1) is 13.9. The van der Waals surface area contributed by atoms with Crippen molar-refractivity contribution in [1.82, 2.24) is 4.90 Å². The number of hydrogen-bond donors (Lipinski definition) is 0. The Morgan fingerprint density at radius 3 is 2.42 bits per heavy atom. The Labute approximate surface area is 114 Å². The number of nitrogens with zero attached hydrogens (tertiary/aromatic N) is 1. The van der Waals surface area contributed by atoms with Crippen molar-refractivity contribution < 1.29 is 14.3 Å². The number of aryl methyl sites for hydroxylation is 1. The van der Waals surface area contributed by atoms with Crippen LogP contribution in [0.3, 0.4) is 0 Å². The molecular weight excluding hydrogens is 242 g/mol. The number of ketones is 1. The molecule has 1 aliphatic rings. The Morgan fingerprint density at radius 1 is 1.21 bits per heavy atom. The lowest BCUT2D eigenvalue weighted by atomic mass is 9.98. The average Bonchev–Trinajstić information content (AvgIpc) is 2.43. The molecule has 0 bridgehead atoms. The van der Waals surface area contributed by atoms with Crippen LogP contribution in [0.2, 0.25) is 0 Å². The monoisotopic (exact) mass is 263 g/mol. The molecule has 0 aliphatic carbocycles. The molecule has 2 rings (SSSR count). The molecular formula is C15H21NO3. The minimum absolute atomic E-state index is 0.169. The molecule has 0 unspecified atom stereocenters. The molecule has 0 amide bonds. The summed E-state index contributed by atoms with van der Waals surface area (Å²) >= 11 is 0. The van der Waals surface area contributed by atoms with Gasteiger partial charge in [-0.25, -0.2) is 0 Å². The molecule has 0 spiro atoms. The van der Waals surface area contributed by atoms with Gasteiger partial charge in [0.1, 0.15) is 13.2 Å². The first-order valence-electron chi connectivity index (χ1n) is 6.72. The Balaban J connectivity index is 2.25. The fourth-order valence-electron chi connectivity index (χ4n) is 2.14. The van der Waals surface area contributed by atoms with Crippen LogP contribution in [0.1, 0.15) is 29.3 Å². The van der Waals surface area contributed by atoms with E-state index in [1.165, 1.54) is 0 Å². The highest BCUT2D eigenvalue weighted by Gasteiger charge is 2.18. The van der Waals surface area contributed by atoms with Gasteiger partial charge in [-0.1, -0.05) is 6.92 Å². The van der Waals surface area contributed by atoms with E-state index < -0.39 is 0 Å². The van der Waals surface area contributed by atoms with Gasteiger partial charge in [-0.3, -0.25) is 4.79 Å². The van der Waals surface area contributed by atoms with Crippen LogP contribution in [0, 0.1) is 0 Å². The van der Waals surface area contributed by atoms with Crippen LogP contribution >= 0.6 is 0 Å². The Morgan fingerprint density at radius 2 is 1.84 bits per heavy atom. The molecule has 0 atom stereocenters. The predicted octanol–water partition coefficient (Wildman–Crippen LogP) is 2.15. The molecule has 0 radical (unpaired) electrons. The van der Waals surface area contributed by atoms with Crippen molar-refractivity contribution in [2.24, 2.45) is 0 Å². The van der Waals surface area contributed by atoms with Crippen LogP contribution < -0.4 is 9.47 Å². The van der Waals surface area contributed by atoms with E-state index >= 15 is 0 Å². The summed E-state index contributed by atoms with van der Waals surface area (Å²) in [4.78, 5) is 14.3. The Hall–Kier alpha value is -1.55. The molecule has 0 N–H and O–H groups in total. The fourth-order valence-corrected chi connectivity index (χ4v) is 2.14. The van der Waals surface area contributed by atoms with E-state index in [0.717, 1.165) is 29.8 Å². The summed E-state index contributed by atoms with van der Waals surface area (Å²) in [5.74, 6) is 1.62. The number of Topliss-reactive ketones (excluding diaryl/α,β-unsaturated/α-hetero) is 1. The van der Waals surface area contributed by atoms with Crippen molar-refractivity contribution in [3.8, 4) is 11.5 Å². The van der Waals surface area contributed by atoms with Crippen molar-refractivity contribution in [3.05, 3.63) is 23.3 Å². The summed E-state index contributed by atoms with van der Waals surface area (Å²) in [6.45, 7) is 3.93. The lowest BCUT2D eigenvalue weighted by Gasteiger charge is -2.20. The summed E-state index contributed by atoms with van der Waals surface area (Å²) in [7, 11) is 3.94. The van der Waals surface area contributed by atoms with Crippen LogP contribution in [0.15, 0.2) is 12.1 Å². The van der Waals surface area contributed by atoms with Gasteiger partial charge in [0.25, 0.3) is 0 Å². The van der Waals surface area contributed by atoms with E-state index in [4.69, 9.17) is 9.47 Å². The summed E-state index contributed by atoms with van der Waals surface area (Å²) in [6, 6.07) is 3.78. The molecule has 0 saturated carbocycles. The van der Waals surface area contributed by atoms with Gasteiger partial charge in [-0.2, -0.15) is 0 Å². The zero-order valence-corrected chi connectivity index (χ0v) is 11.9. The minimum Gasteiger partial charge on any atom is -0.486 e. The smallest absolute Gasteiger partial charge is 0.164 e. The number of carbonyl (C=O) groups is 1. The maximum atomic E-state index is 12.3. The second-order valence-corrected chi connectivity index (χ2v) is 4.98. The van der Waals surface area contributed by atoms with Gasteiger partial charge in [0, 0.05) is 18.5 Å². The van der Waals surface area contributed by atoms with Gasteiger partial charge in [-0.15, -0.1) is 0 Å². The van der Waals surface area contributed by atoms with Crippen molar-refractivity contribution in [2.75, 3.05) is 33.9 Å². The highest BCUT2D eigenvalue weighted by atomic mass is 16.6. The summed E-state index contributed by atoms with van der Waals surface area (Å²) in [5, 5.41) is 0. The van der Waals surface area contributed by atoms with Crippen molar-refractivity contribution in [1.29, 1.82) is 0 Å². The lowest BCUT2D eigenvalue weighted by molar-refractivity contribution is 0.0970. The van der Waals surface area contributed by atoms with Gasteiger partial charge in [0.15, 0.2) is 17.3 Å². The van der Waals surface area contributed by atoms with Crippen molar-refractivity contribution >= 4 is 5.78 Å². The molecule has 1 heterocycles. The number of carbonyl (C=O) groups excluding carboxylic acids is 1. The molecule has 1 aliphatic heterocycles. The largest absolute Gasteiger partial charge is 0.486 e. The Kier molecular flexibility index (Phi) is 4.43. The number of fused-ring (bicyclic) bond motifs is 1. The maximum Gasteiger partial charge on any atom is 0.164 e. The first-order chi connectivity index (χ1) is 9.11. The quantitative estimate of drug-likeness (QED) is 0.763. The second-order valence-electron chi connectivity index (χ2n) is 4.98. The van der Waals surface area contributed by atoms with Crippen LogP contribution in [0.25, 0.3) is 0 Å². The third kappa shape index (κ3) is 3.26. The highest BCUT2D eigenvalue weighted by molar-refractivity contribution is 5.98. The molecule has 104 valence electrons. The normalized spacial score (nSPS) is 13.7. The minimum atomic E-state index is 0.169. The van der Waals surface area contributed by atoms with E-state index in [1.54, 1.807) is 0 Å². The van der Waals surface area contributed by atoms with Gasteiger partial charge in [-0.05, 0) is 38.2 Å². The highest BCUT2D eigenvalue weighted by Crippen LogP contribution is 2.33. The standard InChI is InChI=1S/C15H21NO3/c1-4-11-9-14-15(19-8-7-18-14)10-12(11)13(17)5-6-16(2)3/h9-10H,4-8H2,1-3H3. The number of hydrogen-bond acceptors (Lipinski definition) is 4. The van der Waals surface area contributed by atoms with E-state index in [0.29, 0.717) is 25.4 Å². The maximum absolute atomic E-state index is 12.3. The topological polar surface area (TPSA) is 38.8 Å². The third-order valence-electron chi connectivity index (χ3n) is 3.24. The van der Waals surface area contributed by atoms with Crippen LogP contribution in [-0.2, 0) is 6.42 Å². The molecule has 0 aromatic heterocycles. The van der Waals surface area contributed by atoms with E-state index in [1.807, 2.05) is 38.1 Å². The molecule has 1 aromatic rings. The SMILES string of the molecule is CCc1cc2c(cc1C(=O)CCN(C)C)OCCO2. The van der Waals surface area contributed by atoms with Crippen molar-refractivity contribution in [3.63, 3.8) is 0 Å². The van der Waals surface area contributed by atoms with Gasteiger partial charge < -0.3 is 14.4 Å². The molecule has 4 nitrogen and oxygen atoms in total. The van der Waals surface area contributed by atoms with Crippen LogP contribution in [0.4, 0.5) is 0 Å². The molecule has 1 aromatic carbocycles. The number of benzene rings is 1. The molecule has 19 heavy (non-hydrogen) atoms. The summed E-state index contributed by atoms with van der Waals surface area (Å²) in [5.41, 5.74) is 1.81. The zero-order valence-electron chi connectivity index (χ0n) is 11.9. The van der Waals surface area contributed by atoms with Crippen LogP contribution in [0.5, 0.6) is 11.5 Å². The fraction of sp³-hybridized carbons (Fsp3) is 0.533. The zero-order chi connectivity index (χ0) is 13.8. The molecule has 4 heteroatoms. The van der Waals surface area contributed by atoms with Gasteiger partial charge in [0.05, 0.1) is 0 Å². The first-order valence-corrected chi connectivity index (χ1v) is 6.72. The molecule has 0 saturated heterocycles. The number of ether oxygens (including phenoxy) is 2. The van der Waals surface area contributed by atoms with E-state index in [-0.39, 0.29) is 5.78 Å². The van der Waals surface area contributed by atoms with Crippen LogP contribution in [-0.4, -0.2) is 44.5 Å². The van der Waals surface area contributed by atoms with E-state index in [9.17, 15) is 4.79 Å². The van der Waals surface area contributed by atoms with Gasteiger partial charge in [0.2, 0.25) is 0 Å². The number of rotatable bonds is 5. The third-order valence-corrected chi connectivity index (χ3v) is 3.24. The summed E-state index contributed by atoms with van der Waals surface area (Å²) < 4.78 is 11.1.